The quantitative estimate of drug-likeness (QED) is 0.675. The highest BCUT2D eigenvalue weighted by Crippen LogP contribution is 2.28. The van der Waals surface area contributed by atoms with Gasteiger partial charge in [-0.1, -0.05) is 26.0 Å². The fourth-order valence-electron chi connectivity index (χ4n) is 2.17. The van der Waals surface area contributed by atoms with Crippen LogP contribution in [0.15, 0.2) is 18.2 Å². The second-order valence-corrected chi connectivity index (χ2v) is 5.79. The van der Waals surface area contributed by atoms with Gasteiger partial charge in [0.05, 0.1) is 0 Å². The zero-order valence-electron chi connectivity index (χ0n) is 11.7. The molecule has 0 saturated heterocycles. The van der Waals surface area contributed by atoms with Crippen LogP contribution in [0, 0.1) is 5.41 Å². The first-order valence-electron chi connectivity index (χ1n) is 6.17. The van der Waals surface area contributed by atoms with Crippen LogP contribution in [0.3, 0.4) is 0 Å². The van der Waals surface area contributed by atoms with Crippen molar-refractivity contribution in [2.75, 3.05) is 27.2 Å². The highest BCUT2D eigenvalue weighted by atomic mass is 16.3. The molecular weight excluding hydrogens is 228 g/mol. The number of aromatic hydroxyl groups is 2. The lowest BCUT2D eigenvalue weighted by Crippen LogP contribution is -2.37. The Morgan fingerprint density at radius 3 is 2.50 bits per heavy atom. The molecule has 1 aromatic carbocycles. The van der Waals surface area contributed by atoms with Crippen molar-refractivity contribution < 1.29 is 10.2 Å². The third kappa shape index (κ3) is 4.55. The van der Waals surface area contributed by atoms with Gasteiger partial charge in [-0.25, -0.2) is 0 Å². The van der Waals surface area contributed by atoms with Gasteiger partial charge in [0.25, 0.3) is 0 Å². The van der Waals surface area contributed by atoms with Crippen LogP contribution in [0.4, 0.5) is 0 Å². The Labute approximate surface area is 109 Å². The molecule has 0 heterocycles. The molecule has 4 heteroatoms. The van der Waals surface area contributed by atoms with E-state index in [-0.39, 0.29) is 16.9 Å². The van der Waals surface area contributed by atoms with E-state index in [9.17, 15) is 10.2 Å². The predicted molar refractivity (Wildman–Crippen MR) is 73.8 cm³/mol. The van der Waals surface area contributed by atoms with Gasteiger partial charge in [0.15, 0.2) is 11.5 Å². The van der Waals surface area contributed by atoms with Crippen LogP contribution in [0.1, 0.15) is 19.4 Å². The van der Waals surface area contributed by atoms with E-state index in [4.69, 9.17) is 0 Å². The van der Waals surface area contributed by atoms with Gasteiger partial charge >= 0.3 is 0 Å². The lowest BCUT2D eigenvalue weighted by Gasteiger charge is -2.28. The Bertz CT molecular complexity index is 389. The Morgan fingerprint density at radius 1 is 1.22 bits per heavy atom. The van der Waals surface area contributed by atoms with E-state index in [2.05, 4.69) is 38.2 Å². The normalized spacial score (nSPS) is 12.1. The zero-order valence-corrected chi connectivity index (χ0v) is 11.7. The van der Waals surface area contributed by atoms with Gasteiger partial charge in [-0.3, -0.25) is 0 Å². The molecule has 0 spiro atoms. The van der Waals surface area contributed by atoms with Crippen molar-refractivity contribution in [3.05, 3.63) is 23.8 Å². The molecular formula is C14H24N2O2. The van der Waals surface area contributed by atoms with Crippen LogP contribution in [-0.4, -0.2) is 42.3 Å². The van der Waals surface area contributed by atoms with Gasteiger partial charge in [-0.2, -0.15) is 0 Å². The van der Waals surface area contributed by atoms with Crippen LogP contribution < -0.4 is 5.32 Å². The van der Waals surface area contributed by atoms with E-state index in [0.29, 0.717) is 6.54 Å². The number of rotatable bonds is 6. The van der Waals surface area contributed by atoms with Crippen molar-refractivity contribution in [3.63, 3.8) is 0 Å². The minimum Gasteiger partial charge on any atom is -0.504 e. The first-order valence-corrected chi connectivity index (χ1v) is 6.17. The van der Waals surface area contributed by atoms with Crippen molar-refractivity contribution in [2.24, 2.45) is 5.41 Å². The van der Waals surface area contributed by atoms with Gasteiger partial charge < -0.3 is 20.4 Å². The molecule has 1 rings (SSSR count). The van der Waals surface area contributed by atoms with E-state index >= 15 is 0 Å². The molecule has 0 radical (unpaired) electrons. The predicted octanol–water partition coefficient (Wildman–Crippen LogP) is 1.78. The minimum absolute atomic E-state index is 0.0320. The molecule has 18 heavy (non-hydrogen) atoms. The molecule has 0 unspecified atom stereocenters. The van der Waals surface area contributed by atoms with Gasteiger partial charge in [-0.15, -0.1) is 0 Å². The highest BCUT2D eigenvalue weighted by molar-refractivity contribution is 5.44. The summed E-state index contributed by atoms with van der Waals surface area (Å²) in [5, 5.41) is 22.4. The van der Waals surface area contributed by atoms with E-state index in [1.807, 2.05) is 0 Å². The maximum atomic E-state index is 9.67. The second-order valence-electron chi connectivity index (χ2n) is 5.79. The average molecular weight is 252 g/mol. The Kier molecular flexibility index (Phi) is 4.99. The molecule has 0 amide bonds. The van der Waals surface area contributed by atoms with Crippen molar-refractivity contribution in [2.45, 2.75) is 20.4 Å². The standard InChI is InChI=1S/C14H24N2O2/c1-14(2,10-16(3)4)9-15-8-11-6-5-7-12(17)13(11)18/h5-7,15,17-18H,8-10H2,1-4H3. The summed E-state index contributed by atoms with van der Waals surface area (Å²) in [5.41, 5.74) is 0.881. The van der Waals surface area contributed by atoms with Crippen LogP contribution in [-0.2, 0) is 6.54 Å². The topological polar surface area (TPSA) is 55.7 Å². The SMILES string of the molecule is CN(C)CC(C)(C)CNCc1cccc(O)c1O. The van der Waals surface area contributed by atoms with Gasteiger partial charge in [0, 0.05) is 25.2 Å². The summed E-state index contributed by atoms with van der Waals surface area (Å²) in [5.74, 6) is -0.0998. The molecule has 0 aliphatic heterocycles. The Balaban J connectivity index is 2.49. The molecule has 0 saturated carbocycles. The number of phenolic OH excluding ortho intramolecular Hbond substituents is 2. The largest absolute Gasteiger partial charge is 0.504 e. The molecule has 102 valence electrons. The Hall–Kier alpha value is -1.26. The van der Waals surface area contributed by atoms with E-state index in [1.165, 1.54) is 6.07 Å². The number of para-hydroxylation sites is 1. The van der Waals surface area contributed by atoms with Crippen molar-refractivity contribution >= 4 is 0 Å². The first-order chi connectivity index (χ1) is 8.32. The van der Waals surface area contributed by atoms with Crippen molar-refractivity contribution in [1.29, 1.82) is 0 Å². The number of nitrogens with one attached hydrogen (secondary N) is 1. The van der Waals surface area contributed by atoms with E-state index < -0.39 is 0 Å². The molecule has 0 aromatic heterocycles. The fourth-order valence-corrected chi connectivity index (χ4v) is 2.17. The maximum absolute atomic E-state index is 9.67. The monoisotopic (exact) mass is 252 g/mol. The molecule has 0 bridgehead atoms. The lowest BCUT2D eigenvalue weighted by molar-refractivity contribution is 0.232. The molecule has 0 fully saturated rings. The van der Waals surface area contributed by atoms with Crippen LogP contribution in [0.5, 0.6) is 11.5 Å². The summed E-state index contributed by atoms with van der Waals surface area (Å²) in [6.45, 7) is 6.79. The summed E-state index contributed by atoms with van der Waals surface area (Å²) in [7, 11) is 4.12. The number of benzene rings is 1. The van der Waals surface area contributed by atoms with E-state index in [1.54, 1.807) is 12.1 Å². The highest BCUT2D eigenvalue weighted by Gasteiger charge is 2.18. The third-order valence-electron chi connectivity index (χ3n) is 2.76. The molecule has 0 aliphatic rings. The van der Waals surface area contributed by atoms with Gasteiger partial charge in [0.2, 0.25) is 0 Å². The number of hydrogen-bond acceptors (Lipinski definition) is 4. The van der Waals surface area contributed by atoms with Gasteiger partial charge in [-0.05, 0) is 25.6 Å². The van der Waals surface area contributed by atoms with Crippen molar-refractivity contribution in [3.8, 4) is 11.5 Å². The third-order valence-corrected chi connectivity index (χ3v) is 2.76. The van der Waals surface area contributed by atoms with E-state index in [0.717, 1.165) is 18.7 Å². The van der Waals surface area contributed by atoms with Gasteiger partial charge in [0.1, 0.15) is 0 Å². The molecule has 3 N–H and O–H groups in total. The molecule has 4 nitrogen and oxygen atoms in total. The summed E-state index contributed by atoms with van der Waals surface area (Å²) < 4.78 is 0. The average Bonchev–Trinajstić information content (AvgIpc) is 2.22. The van der Waals surface area contributed by atoms with Crippen molar-refractivity contribution in [1.82, 2.24) is 10.2 Å². The number of hydrogen-bond donors (Lipinski definition) is 3. The van der Waals surface area contributed by atoms with Crippen LogP contribution in [0.2, 0.25) is 0 Å². The number of phenols is 2. The zero-order chi connectivity index (χ0) is 13.8. The number of nitrogens with zero attached hydrogens (tertiary/aromatic N) is 1. The fraction of sp³-hybridized carbons (Fsp3) is 0.571. The summed E-state index contributed by atoms with van der Waals surface area (Å²) in [4.78, 5) is 2.16. The second kappa shape index (κ2) is 6.07. The molecule has 0 aliphatic carbocycles. The Morgan fingerprint density at radius 2 is 1.89 bits per heavy atom. The smallest absolute Gasteiger partial charge is 0.161 e. The van der Waals surface area contributed by atoms with Crippen LogP contribution >= 0.6 is 0 Å². The summed E-state index contributed by atoms with van der Waals surface area (Å²) in [6.07, 6.45) is 0. The van der Waals surface area contributed by atoms with Crippen LogP contribution in [0.25, 0.3) is 0 Å². The lowest BCUT2D eigenvalue weighted by atomic mass is 9.93. The minimum atomic E-state index is -0.0677. The first kappa shape index (κ1) is 14.8. The molecule has 1 aromatic rings. The summed E-state index contributed by atoms with van der Waals surface area (Å²) >= 11 is 0. The molecule has 0 atom stereocenters. The summed E-state index contributed by atoms with van der Waals surface area (Å²) in [6, 6.07) is 5.02. The maximum Gasteiger partial charge on any atom is 0.161 e.